The predicted molar refractivity (Wildman–Crippen MR) is 57.1 cm³/mol. The standard InChI is InChI=1S/C10H15N3O3/c1-7-6-9(12-16-7)11-10(15)13-4-2-8(14)3-5-13/h6,8,14H,2-5H2,1H3,(H,11,12,15). The number of urea groups is 1. The average Bonchev–Trinajstić information content (AvgIpc) is 2.65. The van der Waals surface area contributed by atoms with E-state index in [0.29, 0.717) is 37.5 Å². The lowest BCUT2D eigenvalue weighted by Gasteiger charge is -2.29. The topological polar surface area (TPSA) is 78.6 Å². The molecule has 1 aromatic rings. The Kier molecular flexibility index (Phi) is 3.09. The quantitative estimate of drug-likeness (QED) is 0.746. The Balaban J connectivity index is 1.88. The van der Waals surface area contributed by atoms with Crippen LogP contribution in [0.25, 0.3) is 0 Å². The van der Waals surface area contributed by atoms with Gasteiger partial charge in [0.2, 0.25) is 0 Å². The Morgan fingerprint density at radius 1 is 1.62 bits per heavy atom. The largest absolute Gasteiger partial charge is 0.393 e. The van der Waals surface area contributed by atoms with Crippen molar-refractivity contribution < 1.29 is 14.4 Å². The molecule has 0 saturated carbocycles. The van der Waals surface area contributed by atoms with Crippen molar-refractivity contribution in [3.8, 4) is 0 Å². The molecule has 2 rings (SSSR count). The molecule has 2 N–H and O–H groups in total. The summed E-state index contributed by atoms with van der Waals surface area (Å²) in [5, 5.41) is 15.6. The van der Waals surface area contributed by atoms with Gasteiger partial charge in [0.15, 0.2) is 5.82 Å². The maximum absolute atomic E-state index is 11.7. The summed E-state index contributed by atoms with van der Waals surface area (Å²) in [5.74, 6) is 1.08. The summed E-state index contributed by atoms with van der Waals surface area (Å²) >= 11 is 0. The van der Waals surface area contributed by atoms with Gasteiger partial charge >= 0.3 is 6.03 Å². The lowest BCUT2D eigenvalue weighted by Crippen LogP contribution is -2.42. The number of likely N-dealkylation sites (tertiary alicyclic amines) is 1. The zero-order valence-corrected chi connectivity index (χ0v) is 9.14. The molecule has 1 fully saturated rings. The van der Waals surface area contributed by atoms with Crippen LogP contribution in [0.5, 0.6) is 0 Å². The van der Waals surface area contributed by atoms with Crippen molar-refractivity contribution in [3.63, 3.8) is 0 Å². The van der Waals surface area contributed by atoms with E-state index in [1.807, 2.05) is 0 Å². The Labute approximate surface area is 93.2 Å². The summed E-state index contributed by atoms with van der Waals surface area (Å²) in [6.07, 6.45) is 0.981. The highest BCUT2D eigenvalue weighted by Crippen LogP contribution is 2.12. The Hall–Kier alpha value is -1.56. The first-order valence-electron chi connectivity index (χ1n) is 5.32. The molecule has 1 saturated heterocycles. The SMILES string of the molecule is Cc1cc(NC(=O)N2CCC(O)CC2)no1. The molecule has 0 radical (unpaired) electrons. The number of carbonyl (C=O) groups is 1. The first-order chi connectivity index (χ1) is 7.65. The second-order valence-electron chi connectivity index (χ2n) is 3.97. The summed E-state index contributed by atoms with van der Waals surface area (Å²) in [6.45, 7) is 2.91. The van der Waals surface area contributed by atoms with Gasteiger partial charge in [-0.15, -0.1) is 0 Å². The fourth-order valence-corrected chi connectivity index (χ4v) is 1.68. The number of aromatic nitrogens is 1. The third-order valence-corrected chi connectivity index (χ3v) is 2.61. The highest BCUT2D eigenvalue weighted by molar-refractivity contribution is 5.88. The maximum atomic E-state index is 11.7. The minimum atomic E-state index is -0.279. The maximum Gasteiger partial charge on any atom is 0.323 e. The smallest absolute Gasteiger partial charge is 0.323 e. The lowest BCUT2D eigenvalue weighted by molar-refractivity contribution is 0.0971. The van der Waals surface area contributed by atoms with Gasteiger partial charge < -0.3 is 14.5 Å². The van der Waals surface area contributed by atoms with Gasteiger partial charge in [-0.3, -0.25) is 5.32 Å². The molecule has 0 unspecified atom stereocenters. The van der Waals surface area contributed by atoms with Crippen LogP contribution in [-0.2, 0) is 0 Å². The highest BCUT2D eigenvalue weighted by Gasteiger charge is 2.21. The van der Waals surface area contributed by atoms with E-state index in [2.05, 4.69) is 10.5 Å². The van der Waals surface area contributed by atoms with Gasteiger partial charge in [-0.25, -0.2) is 4.79 Å². The summed E-state index contributed by atoms with van der Waals surface area (Å²) in [6, 6.07) is 1.47. The second-order valence-corrected chi connectivity index (χ2v) is 3.97. The van der Waals surface area contributed by atoms with E-state index in [0.717, 1.165) is 0 Å². The molecule has 6 nitrogen and oxygen atoms in total. The molecule has 88 valence electrons. The van der Waals surface area contributed by atoms with Crippen molar-refractivity contribution in [1.29, 1.82) is 0 Å². The monoisotopic (exact) mass is 225 g/mol. The van der Waals surface area contributed by atoms with Gasteiger partial charge in [0, 0.05) is 19.2 Å². The summed E-state index contributed by atoms with van der Waals surface area (Å²) in [7, 11) is 0. The van der Waals surface area contributed by atoms with E-state index in [1.165, 1.54) is 0 Å². The molecule has 0 atom stereocenters. The number of aliphatic hydroxyl groups is 1. The number of hydrogen-bond donors (Lipinski definition) is 2. The molecule has 6 heteroatoms. The van der Waals surface area contributed by atoms with Crippen LogP contribution in [0.2, 0.25) is 0 Å². The first-order valence-corrected chi connectivity index (χ1v) is 5.32. The molecular formula is C10H15N3O3. The Morgan fingerprint density at radius 3 is 2.88 bits per heavy atom. The molecule has 16 heavy (non-hydrogen) atoms. The highest BCUT2D eigenvalue weighted by atomic mass is 16.5. The number of anilines is 1. The van der Waals surface area contributed by atoms with Gasteiger partial charge in [-0.1, -0.05) is 5.16 Å². The molecule has 1 aliphatic rings. The van der Waals surface area contributed by atoms with Crippen molar-refractivity contribution >= 4 is 11.8 Å². The minimum Gasteiger partial charge on any atom is -0.393 e. The van der Waals surface area contributed by atoms with Gasteiger partial charge in [0.05, 0.1) is 6.10 Å². The van der Waals surface area contributed by atoms with Crippen LogP contribution >= 0.6 is 0 Å². The number of carbonyl (C=O) groups excluding carboxylic acids is 1. The van der Waals surface area contributed by atoms with Gasteiger partial charge in [0.1, 0.15) is 5.76 Å². The molecule has 0 spiro atoms. The van der Waals surface area contributed by atoms with Crippen LogP contribution < -0.4 is 5.32 Å². The Bertz CT molecular complexity index is 369. The Morgan fingerprint density at radius 2 is 2.31 bits per heavy atom. The minimum absolute atomic E-state index is 0.194. The number of amides is 2. The fraction of sp³-hybridized carbons (Fsp3) is 0.600. The van der Waals surface area contributed by atoms with Crippen LogP contribution in [0.1, 0.15) is 18.6 Å². The van der Waals surface area contributed by atoms with E-state index in [-0.39, 0.29) is 12.1 Å². The van der Waals surface area contributed by atoms with Gasteiger partial charge in [-0.2, -0.15) is 0 Å². The van der Waals surface area contributed by atoms with Crippen LogP contribution in [0.15, 0.2) is 10.6 Å². The normalized spacial score (nSPS) is 17.5. The van der Waals surface area contributed by atoms with Crippen LogP contribution in [0.3, 0.4) is 0 Å². The average molecular weight is 225 g/mol. The predicted octanol–water partition coefficient (Wildman–Crippen LogP) is 0.972. The van der Waals surface area contributed by atoms with Crippen molar-refractivity contribution in [2.75, 3.05) is 18.4 Å². The number of rotatable bonds is 1. The fourth-order valence-electron chi connectivity index (χ4n) is 1.68. The number of nitrogens with one attached hydrogen (secondary N) is 1. The van der Waals surface area contributed by atoms with E-state index in [1.54, 1.807) is 17.9 Å². The number of piperidine rings is 1. The van der Waals surface area contributed by atoms with Gasteiger partial charge in [-0.05, 0) is 19.8 Å². The third kappa shape index (κ3) is 2.52. The summed E-state index contributed by atoms with van der Waals surface area (Å²) in [4.78, 5) is 13.4. The second kappa shape index (κ2) is 4.52. The van der Waals surface area contributed by atoms with E-state index < -0.39 is 0 Å². The third-order valence-electron chi connectivity index (χ3n) is 2.61. The van der Waals surface area contributed by atoms with Crippen molar-refractivity contribution in [2.24, 2.45) is 0 Å². The van der Waals surface area contributed by atoms with E-state index in [9.17, 15) is 9.90 Å². The van der Waals surface area contributed by atoms with E-state index in [4.69, 9.17) is 4.52 Å². The molecular weight excluding hydrogens is 210 g/mol. The lowest BCUT2D eigenvalue weighted by atomic mass is 10.1. The molecule has 1 aliphatic heterocycles. The summed E-state index contributed by atoms with van der Waals surface area (Å²) < 4.78 is 4.85. The van der Waals surface area contributed by atoms with E-state index >= 15 is 0 Å². The van der Waals surface area contributed by atoms with Crippen LogP contribution in [0, 0.1) is 6.92 Å². The molecule has 2 amide bonds. The van der Waals surface area contributed by atoms with Crippen molar-refractivity contribution in [1.82, 2.24) is 10.1 Å². The van der Waals surface area contributed by atoms with Crippen LogP contribution in [0.4, 0.5) is 10.6 Å². The molecule has 0 aromatic carbocycles. The van der Waals surface area contributed by atoms with Crippen molar-refractivity contribution in [2.45, 2.75) is 25.9 Å². The zero-order valence-electron chi connectivity index (χ0n) is 9.14. The number of aliphatic hydroxyl groups excluding tert-OH is 1. The number of nitrogens with zero attached hydrogens (tertiary/aromatic N) is 2. The number of aryl methyl sites for hydroxylation is 1. The number of hydrogen-bond acceptors (Lipinski definition) is 4. The molecule has 0 bridgehead atoms. The molecule has 0 aliphatic carbocycles. The zero-order chi connectivity index (χ0) is 11.5. The summed E-state index contributed by atoms with van der Waals surface area (Å²) in [5.41, 5.74) is 0. The van der Waals surface area contributed by atoms with Gasteiger partial charge in [0.25, 0.3) is 0 Å². The molecule has 2 heterocycles. The molecule has 1 aromatic heterocycles. The van der Waals surface area contributed by atoms with Crippen LogP contribution in [-0.4, -0.2) is 40.4 Å². The first kappa shape index (κ1) is 10.9. The van der Waals surface area contributed by atoms with Crippen molar-refractivity contribution in [3.05, 3.63) is 11.8 Å².